The Labute approximate surface area is 198 Å². The van der Waals surface area contributed by atoms with Gasteiger partial charge in [0.25, 0.3) is 11.7 Å². The first-order valence-electron chi connectivity index (χ1n) is 10.2. The van der Waals surface area contributed by atoms with Gasteiger partial charge in [-0.15, -0.1) is 0 Å². The van der Waals surface area contributed by atoms with E-state index in [4.69, 9.17) is 16.3 Å². The Balaban J connectivity index is 2.09. The van der Waals surface area contributed by atoms with Crippen molar-refractivity contribution in [3.8, 4) is 0 Å². The van der Waals surface area contributed by atoms with Gasteiger partial charge in [0.1, 0.15) is 5.76 Å². The smallest absolute Gasteiger partial charge is 0.295 e. The third-order valence-corrected chi connectivity index (χ3v) is 7.46. The molecule has 0 unspecified atom stereocenters. The molecule has 0 spiro atoms. The number of hydrogen-bond donors (Lipinski definition) is 1. The predicted octanol–water partition coefficient (Wildman–Crippen LogP) is 3.05. The van der Waals surface area contributed by atoms with Gasteiger partial charge in [-0.05, 0) is 48.4 Å². The second kappa shape index (κ2) is 10.0. The van der Waals surface area contributed by atoms with Gasteiger partial charge in [-0.3, -0.25) is 9.59 Å². The molecular formula is C23H25ClN2O6S. The Morgan fingerprint density at radius 1 is 1.09 bits per heavy atom. The van der Waals surface area contributed by atoms with Crippen LogP contribution in [0.3, 0.4) is 0 Å². The van der Waals surface area contributed by atoms with Crippen molar-refractivity contribution in [2.45, 2.75) is 17.4 Å². The number of ketones is 1. The number of likely N-dealkylation sites (tertiary alicyclic amines) is 1. The molecule has 1 amide bonds. The minimum Gasteiger partial charge on any atom is -0.507 e. The van der Waals surface area contributed by atoms with Crippen LogP contribution in [0.2, 0.25) is 5.02 Å². The third-order valence-electron chi connectivity index (χ3n) is 5.38. The Bertz CT molecular complexity index is 1170. The van der Waals surface area contributed by atoms with E-state index in [1.807, 2.05) is 0 Å². The number of carbonyl (C=O) groups is 2. The lowest BCUT2D eigenvalue weighted by Gasteiger charge is -2.25. The Morgan fingerprint density at radius 3 is 2.24 bits per heavy atom. The Morgan fingerprint density at radius 2 is 1.70 bits per heavy atom. The largest absolute Gasteiger partial charge is 0.507 e. The van der Waals surface area contributed by atoms with Gasteiger partial charge in [-0.2, -0.15) is 0 Å². The molecule has 2 aromatic rings. The highest BCUT2D eigenvalue weighted by Crippen LogP contribution is 2.39. The highest BCUT2D eigenvalue weighted by atomic mass is 35.5. The van der Waals surface area contributed by atoms with Gasteiger partial charge in [0.05, 0.1) is 16.5 Å². The molecule has 0 radical (unpaired) electrons. The van der Waals surface area contributed by atoms with Crippen molar-refractivity contribution in [1.82, 2.24) is 9.21 Å². The van der Waals surface area contributed by atoms with Crippen LogP contribution in [0.25, 0.3) is 5.76 Å². The van der Waals surface area contributed by atoms with Gasteiger partial charge >= 0.3 is 0 Å². The lowest BCUT2D eigenvalue weighted by Crippen LogP contribution is -2.31. The number of nitrogens with zero attached hydrogens (tertiary/aromatic N) is 2. The molecule has 3 rings (SSSR count). The molecule has 10 heteroatoms. The number of carbonyl (C=O) groups excluding carboxylic acids is 2. The maximum absolute atomic E-state index is 13.0. The summed E-state index contributed by atoms with van der Waals surface area (Å²) >= 11 is 6.01. The van der Waals surface area contributed by atoms with Crippen LogP contribution in [0, 0.1) is 0 Å². The number of Topliss-reactive ketones (excluding diaryl/α,β-unsaturated/α-hetero) is 1. The second-order valence-corrected chi connectivity index (χ2v) is 10.3. The minimum atomic E-state index is -3.66. The zero-order chi connectivity index (χ0) is 24.3. The molecule has 176 valence electrons. The van der Waals surface area contributed by atoms with E-state index in [2.05, 4.69) is 0 Å². The van der Waals surface area contributed by atoms with Gasteiger partial charge in [-0.25, -0.2) is 12.7 Å². The summed E-state index contributed by atoms with van der Waals surface area (Å²) in [6, 6.07) is 11.4. The Hall–Kier alpha value is -2.72. The molecule has 1 aliphatic heterocycles. The lowest BCUT2D eigenvalue weighted by molar-refractivity contribution is -0.140. The molecule has 0 aromatic heterocycles. The van der Waals surface area contributed by atoms with Crippen LogP contribution in [0.1, 0.15) is 23.6 Å². The standard InChI is InChI=1S/C23H25ClN2O6S/c1-25(2)33(30,31)18-11-7-16(8-12-18)21(27)19-20(15-5-9-17(24)10-6-15)26(13-4-14-32-3)23(29)22(19)28/h5-12,20,27H,4,13-14H2,1-3H3/b21-19+/t20-/m1/s1. The fraction of sp³-hybridized carbons (Fsp3) is 0.304. The van der Waals surface area contributed by atoms with Crippen molar-refractivity contribution in [2.24, 2.45) is 0 Å². The van der Waals surface area contributed by atoms with Crippen molar-refractivity contribution in [2.75, 3.05) is 34.4 Å². The van der Waals surface area contributed by atoms with Gasteiger partial charge < -0.3 is 14.7 Å². The highest BCUT2D eigenvalue weighted by Gasteiger charge is 2.45. The summed E-state index contributed by atoms with van der Waals surface area (Å²) < 4.78 is 30.8. The highest BCUT2D eigenvalue weighted by molar-refractivity contribution is 7.89. The first-order valence-corrected chi connectivity index (χ1v) is 12.0. The van der Waals surface area contributed by atoms with Crippen LogP contribution in [0.15, 0.2) is 59.0 Å². The number of halogens is 1. The molecular weight excluding hydrogens is 468 g/mol. The summed E-state index contributed by atoms with van der Waals surface area (Å²) in [6.07, 6.45) is 0.505. The molecule has 0 saturated carbocycles. The molecule has 0 aliphatic carbocycles. The first kappa shape index (κ1) is 24.9. The van der Waals surface area contributed by atoms with Crippen molar-refractivity contribution < 1.29 is 27.9 Å². The maximum atomic E-state index is 13.0. The second-order valence-electron chi connectivity index (χ2n) is 7.70. The number of sulfonamides is 1. The zero-order valence-corrected chi connectivity index (χ0v) is 20.1. The molecule has 1 N–H and O–H groups in total. The van der Waals surface area contributed by atoms with Gasteiger partial charge in [0.15, 0.2) is 0 Å². The fourth-order valence-corrected chi connectivity index (χ4v) is 4.66. The van der Waals surface area contributed by atoms with Crippen LogP contribution < -0.4 is 0 Å². The molecule has 0 bridgehead atoms. The molecule has 2 aromatic carbocycles. The molecule has 8 nitrogen and oxygen atoms in total. The normalized spacial score (nSPS) is 18.3. The monoisotopic (exact) mass is 492 g/mol. The van der Waals surface area contributed by atoms with E-state index in [-0.39, 0.29) is 28.3 Å². The average Bonchev–Trinajstić information content (AvgIpc) is 3.04. The number of ether oxygens (including phenoxy) is 1. The molecule has 1 fully saturated rings. The molecule has 33 heavy (non-hydrogen) atoms. The number of benzene rings is 2. The van der Waals surface area contributed by atoms with Crippen molar-refractivity contribution in [1.29, 1.82) is 0 Å². The number of hydrogen-bond acceptors (Lipinski definition) is 6. The number of amides is 1. The number of aliphatic hydroxyl groups is 1. The van der Waals surface area contributed by atoms with E-state index >= 15 is 0 Å². The number of rotatable bonds is 8. The van der Waals surface area contributed by atoms with Crippen LogP contribution in [-0.2, 0) is 24.3 Å². The predicted molar refractivity (Wildman–Crippen MR) is 124 cm³/mol. The van der Waals surface area contributed by atoms with E-state index in [9.17, 15) is 23.1 Å². The van der Waals surface area contributed by atoms with Crippen LogP contribution >= 0.6 is 11.6 Å². The molecule has 1 aliphatic rings. The molecule has 1 heterocycles. The summed E-state index contributed by atoms with van der Waals surface area (Å²) in [4.78, 5) is 27.2. The summed E-state index contributed by atoms with van der Waals surface area (Å²) in [5.41, 5.74) is 0.772. The van der Waals surface area contributed by atoms with Crippen LogP contribution in [0.5, 0.6) is 0 Å². The summed E-state index contributed by atoms with van der Waals surface area (Å²) in [7, 11) is 0.725. The van der Waals surface area contributed by atoms with E-state index in [0.717, 1.165) is 4.31 Å². The van der Waals surface area contributed by atoms with Crippen molar-refractivity contribution in [3.05, 3.63) is 70.3 Å². The fourth-order valence-electron chi connectivity index (χ4n) is 3.63. The van der Waals surface area contributed by atoms with Gasteiger partial charge in [0, 0.05) is 44.9 Å². The average molecular weight is 493 g/mol. The summed E-state index contributed by atoms with van der Waals surface area (Å²) in [6.45, 7) is 0.653. The topological polar surface area (TPSA) is 104 Å². The SMILES string of the molecule is COCCCN1C(=O)C(=O)/C(=C(/O)c2ccc(S(=O)(=O)N(C)C)cc2)[C@H]1c1ccc(Cl)cc1. The van der Waals surface area contributed by atoms with Crippen molar-refractivity contribution in [3.63, 3.8) is 0 Å². The van der Waals surface area contributed by atoms with Crippen LogP contribution in [-0.4, -0.2) is 68.8 Å². The summed E-state index contributed by atoms with van der Waals surface area (Å²) in [5.74, 6) is -1.91. The Kier molecular flexibility index (Phi) is 7.58. The van der Waals surface area contributed by atoms with E-state index in [1.165, 1.54) is 43.3 Å². The van der Waals surface area contributed by atoms with E-state index in [1.54, 1.807) is 31.4 Å². The molecule has 1 saturated heterocycles. The van der Waals surface area contributed by atoms with E-state index in [0.29, 0.717) is 23.6 Å². The maximum Gasteiger partial charge on any atom is 0.295 e. The third kappa shape index (κ3) is 4.96. The van der Waals surface area contributed by atoms with Crippen molar-refractivity contribution >= 4 is 39.1 Å². The lowest BCUT2D eigenvalue weighted by atomic mass is 9.95. The van der Waals surface area contributed by atoms with Gasteiger partial charge in [0.2, 0.25) is 10.0 Å². The first-order chi connectivity index (χ1) is 15.6. The number of methoxy groups -OCH3 is 1. The van der Waals surface area contributed by atoms with E-state index < -0.39 is 27.8 Å². The summed E-state index contributed by atoms with van der Waals surface area (Å²) in [5, 5.41) is 11.5. The van der Waals surface area contributed by atoms with Crippen LogP contribution in [0.4, 0.5) is 0 Å². The number of aliphatic hydroxyl groups excluding tert-OH is 1. The zero-order valence-electron chi connectivity index (χ0n) is 18.5. The quantitative estimate of drug-likeness (QED) is 0.263. The molecule has 1 atom stereocenters. The van der Waals surface area contributed by atoms with Gasteiger partial charge in [-0.1, -0.05) is 23.7 Å². The minimum absolute atomic E-state index is 0.0401.